The fourth-order valence-electron chi connectivity index (χ4n) is 2.62. The summed E-state index contributed by atoms with van der Waals surface area (Å²) in [6.07, 6.45) is 2.47. The normalized spacial score (nSPS) is 18.0. The topological polar surface area (TPSA) is 37.6 Å². The smallest absolute Gasteiger partial charge is 0.118 e. The largest absolute Gasteiger partial charge is 0.463 e. The molecule has 1 N–H and O–H groups in total. The number of rotatable bonds is 7. The third kappa shape index (κ3) is 4.64. The Morgan fingerprint density at radius 3 is 2.74 bits per heavy atom. The van der Waals surface area contributed by atoms with E-state index < -0.39 is 0 Å². The summed E-state index contributed by atoms with van der Waals surface area (Å²) in [5, 5.41) is 3.28. The van der Waals surface area contributed by atoms with Gasteiger partial charge >= 0.3 is 0 Å². The Labute approximate surface area is 116 Å². The van der Waals surface area contributed by atoms with Gasteiger partial charge in [0.15, 0.2) is 0 Å². The number of ether oxygens (including phenoxy) is 1. The van der Waals surface area contributed by atoms with Gasteiger partial charge in [-0.15, -0.1) is 0 Å². The van der Waals surface area contributed by atoms with E-state index >= 15 is 0 Å². The summed E-state index contributed by atoms with van der Waals surface area (Å²) in [7, 11) is 1.79. The molecular weight excluding hydrogens is 240 g/mol. The lowest BCUT2D eigenvalue weighted by atomic mass is 9.98. The van der Waals surface area contributed by atoms with Crippen LogP contribution in [-0.2, 0) is 17.8 Å². The van der Waals surface area contributed by atoms with E-state index in [0.717, 1.165) is 56.8 Å². The van der Waals surface area contributed by atoms with Crippen LogP contribution < -0.4 is 5.32 Å². The molecule has 1 fully saturated rings. The first-order chi connectivity index (χ1) is 9.31. The van der Waals surface area contributed by atoms with Crippen LogP contribution in [0.5, 0.6) is 0 Å². The van der Waals surface area contributed by atoms with Crippen molar-refractivity contribution in [3.05, 3.63) is 23.7 Å². The molecule has 0 spiro atoms. The molecule has 0 bridgehead atoms. The van der Waals surface area contributed by atoms with Crippen molar-refractivity contribution in [2.45, 2.75) is 32.9 Å². The molecule has 1 aromatic heterocycles. The SMILES string of the molecule is CCNCc1ccc(CN2CCC(COC)CC2)o1. The van der Waals surface area contributed by atoms with Crippen LogP contribution in [0.3, 0.4) is 0 Å². The second-order valence-corrected chi connectivity index (χ2v) is 5.32. The Morgan fingerprint density at radius 1 is 1.32 bits per heavy atom. The second-order valence-electron chi connectivity index (χ2n) is 5.32. The molecule has 4 nitrogen and oxygen atoms in total. The van der Waals surface area contributed by atoms with Gasteiger partial charge in [0.05, 0.1) is 13.1 Å². The summed E-state index contributed by atoms with van der Waals surface area (Å²) in [5.74, 6) is 2.85. The first-order valence-corrected chi connectivity index (χ1v) is 7.31. The van der Waals surface area contributed by atoms with Gasteiger partial charge in [0.25, 0.3) is 0 Å². The highest BCUT2D eigenvalue weighted by atomic mass is 16.5. The van der Waals surface area contributed by atoms with Crippen LogP contribution in [0.2, 0.25) is 0 Å². The molecule has 0 radical (unpaired) electrons. The van der Waals surface area contributed by atoms with Crippen molar-refractivity contribution >= 4 is 0 Å². The van der Waals surface area contributed by atoms with Gasteiger partial charge in [0.1, 0.15) is 11.5 Å². The molecule has 1 aromatic rings. The Morgan fingerprint density at radius 2 is 2.05 bits per heavy atom. The predicted octanol–water partition coefficient (Wildman–Crippen LogP) is 2.25. The van der Waals surface area contributed by atoms with Crippen LogP contribution in [0.4, 0.5) is 0 Å². The highest BCUT2D eigenvalue weighted by Gasteiger charge is 2.19. The van der Waals surface area contributed by atoms with Gasteiger partial charge in [-0.3, -0.25) is 4.90 Å². The highest BCUT2D eigenvalue weighted by molar-refractivity contribution is 5.07. The van der Waals surface area contributed by atoms with Crippen molar-refractivity contribution in [2.75, 3.05) is 33.4 Å². The van der Waals surface area contributed by atoms with Gasteiger partial charge in [-0.2, -0.15) is 0 Å². The van der Waals surface area contributed by atoms with E-state index in [0.29, 0.717) is 0 Å². The Balaban J connectivity index is 1.74. The van der Waals surface area contributed by atoms with E-state index in [1.54, 1.807) is 7.11 Å². The number of hydrogen-bond acceptors (Lipinski definition) is 4. The van der Waals surface area contributed by atoms with Crippen molar-refractivity contribution in [3.63, 3.8) is 0 Å². The third-order valence-corrected chi connectivity index (χ3v) is 3.76. The molecule has 1 aliphatic rings. The summed E-state index contributed by atoms with van der Waals surface area (Å²) in [6, 6.07) is 4.18. The molecule has 0 unspecified atom stereocenters. The molecule has 0 saturated carbocycles. The van der Waals surface area contributed by atoms with Gasteiger partial charge in [-0.25, -0.2) is 0 Å². The van der Waals surface area contributed by atoms with E-state index in [9.17, 15) is 0 Å². The highest BCUT2D eigenvalue weighted by Crippen LogP contribution is 2.20. The maximum atomic E-state index is 5.83. The van der Waals surface area contributed by atoms with Crippen molar-refractivity contribution in [2.24, 2.45) is 5.92 Å². The summed E-state index contributed by atoms with van der Waals surface area (Å²) in [6.45, 7) is 8.05. The lowest BCUT2D eigenvalue weighted by Crippen LogP contribution is -2.34. The molecule has 0 aromatic carbocycles. The van der Waals surface area contributed by atoms with Crippen molar-refractivity contribution in [1.29, 1.82) is 0 Å². The molecule has 2 heterocycles. The molecule has 0 atom stereocenters. The molecule has 0 aliphatic carbocycles. The van der Waals surface area contributed by atoms with Crippen molar-refractivity contribution < 1.29 is 9.15 Å². The van der Waals surface area contributed by atoms with E-state index in [2.05, 4.69) is 29.3 Å². The number of furan rings is 1. The number of piperidine rings is 1. The molecule has 2 rings (SSSR count). The van der Waals surface area contributed by atoms with E-state index in [4.69, 9.17) is 9.15 Å². The summed E-state index contributed by atoms with van der Waals surface area (Å²) >= 11 is 0. The zero-order valence-corrected chi connectivity index (χ0v) is 12.2. The first kappa shape index (κ1) is 14.6. The van der Waals surface area contributed by atoms with E-state index in [1.807, 2.05) is 0 Å². The molecular formula is C15H26N2O2. The van der Waals surface area contributed by atoms with Gasteiger partial charge in [-0.05, 0) is 50.5 Å². The average molecular weight is 266 g/mol. The fraction of sp³-hybridized carbons (Fsp3) is 0.733. The summed E-state index contributed by atoms with van der Waals surface area (Å²) in [4.78, 5) is 2.47. The Bertz CT molecular complexity index is 357. The molecule has 0 amide bonds. The molecule has 1 aliphatic heterocycles. The van der Waals surface area contributed by atoms with Gasteiger partial charge in [0, 0.05) is 13.7 Å². The lowest BCUT2D eigenvalue weighted by molar-refractivity contribution is 0.0937. The fourth-order valence-corrected chi connectivity index (χ4v) is 2.62. The number of nitrogens with zero attached hydrogens (tertiary/aromatic N) is 1. The molecule has 4 heteroatoms. The summed E-state index contributed by atoms with van der Waals surface area (Å²) in [5.41, 5.74) is 0. The van der Waals surface area contributed by atoms with Crippen molar-refractivity contribution in [1.82, 2.24) is 10.2 Å². The van der Waals surface area contributed by atoms with Gasteiger partial charge < -0.3 is 14.5 Å². The quantitative estimate of drug-likeness (QED) is 0.821. The molecule has 108 valence electrons. The minimum absolute atomic E-state index is 0.738. The zero-order valence-electron chi connectivity index (χ0n) is 12.2. The van der Waals surface area contributed by atoms with Gasteiger partial charge in [0.2, 0.25) is 0 Å². The van der Waals surface area contributed by atoms with E-state index in [1.165, 1.54) is 12.8 Å². The van der Waals surface area contributed by atoms with Crippen LogP contribution in [0, 0.1) is 5.92 Å². The average Bonchev–Trinajstić information content (AvgIpc) is 2.87. The predicted molar refractivity (Wildman–Crippen MR) is 76.0 cm³/mol. The molecule has 19 heavy (non-hydrogen) atoms. The second kappa shape index (κ2) is 7.68. The van der Waals surface area contributed by atoms with Crippen molar-refractivity contribution in [3.8, 4) is 0 Å². The van der Waals surface area contributed by atoms with Crippen LogP contribution >= 0.6 is 0 Å². The first-order valence-electron chi connectivity index (χ1n) is 7.31. The van der Waals surface area contributed by atoms with Crippen LogP contribution in [0.25, 0.3) is 0 Å². The maximum absolute atomic E-state index is 5.83. The lowest BCUT2D eigenvalue weighted by Gasteiger charge is -2.30. The number of likely N-dealkylation sites (tertiary alicyclic amines) is 1. The Kier molecular flexibility index (Phi) is 5.89. The minimum Gasteiger partial charge on any atom is -0.463 e. The van der Waals surface area contributed by atoms with Gasteiger partial charge in [-0.1, -0.05) is 6.92 Å². The summed E-state index contributed by atoms with van der Waals surface area (Å²) < 4.78 is 11.1. The number of methoxy groups -OCH3 is 1. The van der Waals surface area contributed by atoms with Crippen LogP contribution in [0.15, 0.2) is 16.5 Å². The minimum atomic E-state index is 0.738. The third-order valence-electron chi connectivity index (χ3n) is 3.76. The van der Waals surface area contributed by atoms with E-state index in [-0.39, 0.29) is 0 Å². The number of nitrogens with one attached hydrogen (secondary N) is 1. The van der Waals surface area contributed by atoms with Crippen LogP contribution in [-0.4, -0.2) is 38.3 Å². The molecule has 1 saturated heterocycles. The number of hydrogen-bond donors (Lipinski definition) is 1. The monoisotopic (exact) mass is 266 g/mol. The van der Waals surface area contributed by atoms with Crippen LogP contribution in [0.1, 0.15) is 31.3 Å². The standard InChI is InChI=1S/C15H26N2O2/c1-3-16-10-14-4-5-15(19-14)11-17-8-6-13(7-9-17)12-18-2/h4-5,13,16H,3,6-12H2,1-2H3. The maximum Gasteiger partial charge on any atom is 0.118 e. The Hall–Kier alpha value is -0.840. The zero-order chi connectivity index (χ0) is 13.5.